The second kappa shape index (κ2) is 7.19. The first-order chi connectivity index (χ1) is 10.3. The average Bonchev–Trinajstić information content (AvgIpc) is 3.22. The highest BCUT2D eigenvalue weighted by molar-refractivity contribution is 7.90. The first-order valence-electron chi connectivity index (χ1n) is 7.31. The van der Waals surface area contributed by atoms with Crippen LogP contribution in [0.2, 0.25) is 0 Å². The lowest BCUT2D eigenvalue weighted by Gasteiger charge is -2.21. The molecule has 2 rings (SSSR count). The Kier molecular flexibility index (Phi) is 5.52. The third kappa shape index (κ3) is 6.11. The summed E-state index contributed by atoms with van der Waals surface area (Å²) in [4.78, 5) is 13.9. The van der Waals surface area contributed by atoms with Crippen molar-refractivity contribution in [3.63, 3.8) is 0 Å². The lowest BCUT2D eigenvalue weighted by Crippen LogP contribution is -2.33. The van der Waals surface area contributed by atoms with Crippen molar-refractivity contribution in [1.29, 1.82) is 0 Å². The molecule has 1 fully saturated rings. The molecule has 0 aromatic heterocycles. The smallest absolute Gasteiger partial charge is 0.225 e. The molecular weight excluding hydrogens is 307 g/mol. The standard InChI is InChI=1S/C15H21FN2O3S/c1-22(20,21)10-9-18(14-5-6-14)8-7-15(19)17-13-4-2-3-12(16)11-13/h2-4,11,14H,5-10H2,1H3,(H,17,19). The van der Waals surface area contributed by atoms with E-state index in [1.165, 1.54) is 24.5 Å². The van der Waals surface area contributed by atoms with Gasteiger partial charge in [0.05, 0.1) is 5.75 Å². The van der Waals surface area contributed by atoms with Crippen molar-refractivity contribution >= 4 is 21.4 Å². The molecular formula is C15H21FN2O3S. The summed E-state index contributed by atoms with van der Waals surface area (Å²) >= 11 is 0. The maximum atomic E-state index is 13.0. The monoisotopic (exact) mass is 328 g/mol. The van der Waals surface area contributed by atoms with Crippen molar-refractivity contribution in [2.75, 3.05) is 30.4 Å². The van der Waals surface area contributed by atoms with Gasteiger partial charge in [0.25, 0.3) is 0 Å². The molecule has 0 saturated heterocycles. The van der Waals surface area contributed by atoms with Crippen molar-refractivity contribution in [3.8, 4) is 0 Å². The van der Waals surface area contributed by atoms with Crippen molar-refractivity contribution in [2.45, 2.75) is 25.3 Å². The molecule has 0 spiro atoms. The highest BCUT2D eigenvalue weighted by atomic mass is 32.2. The van der Waals surface area contributed by atoms with Crippen LogP contribution in [-0.2, 0) is 14.6 Å². The summed E-state index contributed by atoms with van der Waals surface area (Å²) in [6.07, 6.45) is 3.58. The lowest BCUT2D eigenvalue weighted by atomic mass is 10.3. The van der Waals surface area contributed by atoms with Gasteiger partial charge in [-0.2, -0.15) is 0 Å². The molecule has 1 aromatic rings. The van der Waals surface area contributed by atoms with Crippen molar-refractivity contribution in [2.24, 2.45) is 0 Å². The van der Waals surface area contributed by atoms with Gasteiger partial charge in [0.15, 0.2) is 0 Å². The minimum absolute atomic E-state index is 0.106. The molecule has 1 aliphatic rings. The Morgan fingerprint density at radius 3 is 2.68 bits per heavy atom. The van der Waals surface area contributed by atoms with Gasteiger partial charge in [-0.15, -0.1) is 0 Å². The Morgan fingerprint density at radius 2 is 2.09 bits per heavy atom. The van der Waals surface area contributed by atoms with Crippen LogP contribution in [0.4, 0.5) is 10.1 Å². The van der Waals surface area contributed by atoms with Gasteiger partial charge < -0.3 is 5.32 Å². The second-order valence-electron chi connectivity index (χ2n) is 5.71. The summed E-state index contributed by atoms with van der Waals surface area (Å²) in [5.41, 5.74) is 0.430. The number of benzene rings is 1. The molecule has 1 saturated carbocycles. The molecule has 122 valence electrons. The summed E-state index contributed by atoms with van der Waals surface area (Å²) in [6, 6.07) is 6.14. The third-order valence-corrected chi connectivity index (χ3v) is 4.47. The summed E-state index contributed by atoms with van der Waals surface area (Å²) in [7, 11) is -3.00. The first kappa shape index (κ1) is 16.9. The number of anilines is 1. The van der Waals surface area contributed by atoms with Gasteiger partial charge >= 0.3 is 0 Å². The number of amides is 1. The van der Waals surface area contributed by atoms with Crippen LogP contribution in [0.3, 0.4) is 0 Å². The van der Waals surface area contributed by atoms with E-state index in [-0.39, 0.29) is 18.1 Å². The molecule has 22 heavy (non-hydrogen) atoms. The molecule has 0 radical (unpaired) electrons. The van der Waals surface area contributed by atoms with E-state index in [2.05, 4.69) is 5.32 Å². The maximum absolute atomic E-state index is 13.0. The van der Waals surface area contributed by atoms with Crippen LogP contribution in [0.25, 0.3) is 0 Å². The van der Waals surface area contributed by atoms with Crippen molar-refractivity contribution in [1.82, 2.24) is 4.90 Å². The van der Waals surface area contributed by atoms with Crippen LogP contribution in [0.15, 0.2) is 24.3 Å². The highest BCUT2D eigenvalue weighted by Gasteiger charge is 2.29. The van der Waals surface area contributed by atoms with E-state index in [1.54, 1.807) is 6.07 Å². The van der Waals surface area contributed by atoms with Gasteiger partial charge in [0.1, 0.15) is 15.7 Å². The van der Waals surface area contributed by atoms with Crippen LogP contribution in [0.1, 0.15) is 19.3 Å². The molecule has 1 N–H and O–H groups in total. The lowest BCUT2D eigenvalue weighted by molar-refractivity contribution is -0.116. The molecule has 0 aliphatic heterocycles. The first-order valence-corrected chi connectivity index (χ1v) is 9.37. The fourth-order valence-electron chi connectivity index (χ4n) is 2.23. The second-order valence-corrected chi connectivity index (χ2v) is 7.97. The molecule has 0 unspecified atom stereocenters. The van der Waals surface area contributed by atoms with E-state index in [9.17, 15) is 17.6 Å². The van der Waals surface area contributed by atoms with Gasteiger partial charge in [-0.05, 0) is 31.0 Å². The highest BCUT2D eigenvalue weighted by Crippen LogP contribution is 2.26. The number of carbonyl (C=O) groups is 1. The van der Waals surface area contributed by atoms with Gasteiger partial charge in [0, 0.05) is 37.5 Å². The molecule has 0 bridgehead atoms. The number of sulfone groups is 1. The summed E-state index contributed by atoms with van der Waals surface area (Å²) < 4.78 is 35.5. The van der Waals surface area contributed by atoms with Gasteiger partial charge in [-0.1, -0.05) is 6.07 Å². The molecule has 0 heterocycles. The predicted octanol–water partition coefficient (Wildman–Crippen LogP) is 1.66. The van der Waals surface area contributed by atoms with Crippen molar-refractivity contribution < 1.29 is 17.6 Å². The van der Waals surface area contributed by atoms with Crippen LogP contribution in [0.5, 0.6) is 0 Å². The number of nitrogens with one attached hydrogen (secondary N) is 1. The zero-order chi connectivity index (χ0) is 16.2. The largest absolute Gasteiger partial charge is 0.326 e. The predicted molar refractivity (Wildman–Crippen MR) is 84.0 cm³/mol. The molecule has 5 nitrogen and oxygen atoms in total. The Hall–Kier alpha value is -1.47. The number of carbonyl (C=O) groups excluding carboxylic acids is 1. The number of hydrogen-bond donors (Lipinski definition) is 1. The molecule has 1 aromatic carbocycles. The van der Waals surface area contributed by atoms with Crippen LogP contribution >= 0.6 is 0 Å². The molecule has 1 aliphatic carbocycles. The number of hydrogen-bond acceptors (Lipinski definition) is 4. The Balaban J connectivity index is 1.80. The van der Waals surface area contributed by atoms with Crippen LogP contribution in [0, 0.1) is 5.82 Å². The SMILES string of the molecule is CS(=O)(=O)CCN(CCC(=O)Nc1cccc(F)c1)C1CC1. The van der Waals surface area contributed by atoms with Crippen LogP contribution < -0.4 is 5.32 Å². The van der Waals surface area contributed by atoms with Gasteiger partial charge in [0.2, 0.25) is 5.91 Å². The molecule has 0 atom stereocenters. The quantitative estimate of drug-likeness (QED) is 0.788. The van der Waals surface area contributed by atoms with Gasteiger partial charge in [-0.25, -0.2) is 12.8 Å². The Morgan fingerprint density at radius 1 is 1.36 bits per heavy atom. The van der Waals surface area contributed by atoms with E-state index in [1.807, 2.05) is 4.90 Å². The third-order valence-electron chi connectivity index (χ3n) is 3.55. The fraction of sp³-hybridized carbons (Fsp3) is 0.533. The zero-order valence-electron chi connectivity index (χ0n) is 12.6. The van der Waals surface area contributed by atoms with E-state index in [0.717, 1.165) is 12.8 Å². The van der Waals surface area contributed by atoms with E-state index in [4.69, 9.17) is 0 Å². The summed E-state index contributed by atoms with van der Waals surface area (Å²) in [5, 5.41) is 2.65. The van der Waals surface area contributed by atoms with Gasteiger partial charge in [-0.3, -0.25) is 9.69 Å². The number of halogens is 1. The number of nitrogens with zero attached hydrogens (tertiary/aromatic N) is 1. The topological polar surface area (TPSA) is 66.5 Å². The zero-order valence-corrected chi connectivity index (χ0v) is 13.4. The average molecular weight is 328 g/mol. The Labute approximate surface area is 130 Å². The van der Waals surface area contributed by atoms with Crippen molar-refractivity contribution in [3.05, 3.63) is 30.1 Å². The maximum Gasteiger partial charge on any atom is 0.225 e. The number of rotatable bonds is 8. The minimum atomic E-state index is -3.00. The van der Waals surface area contributed by atoms with E-state index >= 15 is 0 Å². The van der Waals surface area contributed by atoms with Crippen LogP contribution in [-0.4, -0.2) is 50.4 Å². The fourth-order valence-corrected chi connectivity index (χ4v) is 2.80. The summed E-state index contributed by atoms with van der Waals surface area (Å²) in [6.45, 7) is 0.970. The van der Waals surface area contributed by atoms with E-state index < -0.39 is 15.7 Å². The Bertz CT molecular complexity index is 629. The van der Waals surface area contributed by atoms with E-state index in [0.29, 0.717) is 24.8 Å². The molecule has 1 amide bonds. The minimum Gasteiger partial charge on any atom is -0.326 e. The summed E-state index contributed by atoms with van der Waals surface area (Å²) in [5.74, 6) is -0.490. The molecule has 7 heteroatoms. The normalized spacial score (nSPS) is 15.0.